The first-order valence-electron chi connectivity index (χ1n) is 4.11. The van der Waals surface area contributed by atoms with Crippen LogP contribution < -0.4 is 5.73 Å². The SMILES string of the molecule is NCC(O)C(O)c1cc(Br)ccc1O. The van der Waals surface area contributed by atoms with Crippen LogP contribution in [0.15, 0.2) is 22.7 Å². The molecule has 14 heavy (non-hydrogen) atoms. The minimum Gasteiger partial charge on any atom is -0.508 e. The summed E-state index contributed by atoms with van der Waals surface area (Å²) in [5, 5.41) is 28.3. The van der Waals surface area contributed by atoms with E-state index in [-0.39, 0.29) is 17.9 Å². The number of aliphatic hydroxyl groups is 2. The fraction of sp³-hybridized carbons (Fsp3) is 0.333. The van der Waals surface area contributed by atoms with E-state index in [1.807, 2.05) is 0 Å². The summed E-state index contributed by atoms with van der Waals surface area (Å²) < 4.78 is 0.716. The number of aromatic hydroxyl groups is 1. The normalized spacial score (nSPS) is 15.1. The Bertz CT molecular complexity index is 319. The molecule has 1 aromatic rings. The molecule has 0 fully saturated rings. The fourth-order valence-electron chi connectivity index (χ4n) is 1.10. The van der Waals surface area contributed by atoms with Crippen LogP contribution in [0.25, 0.3) is 0 Å². The smallest absolute Gasteiger partial charge is 0.121 e. The van der Waals surface area contributed by atoms with Crippen molar-refractivity contribution in [2.75, 3.05) is 6.54 Å². The Morgan fingerprint density at radius 3 is 2.57 bits per heavy atom. The van der Waals surface area contributed by atoms with Crippen LogP contribution in [-0.4, -0.2) is 28.0 Å². The van der Waals surface area contributed by atoms with Crippen LogP contribution in [0.2, 0.25) is 0 Å². The molecule has 78 valence electrons. The van der Waals surface area contributed by atoms with Crippen molar-refractivity contribution in [2.24, 2.45) is 5.73 Å². The Labute approximate surface area is 90.1 Å². The van der Waals surface area contributed by atoms with E-state index in [2.05, 4.69) is 15.9 Å². The molecule has 2 unspecified atom stereocenters. The molecule has 0 aliphatic heterocycles. The molecule has 0 aliphatic carbocycles. The van der Waals surface area contributed by atoms with E-state index in [4.69, 9.17) is 5.73 Å². The van der Waals surface area contributed by atoms with Crippen LogP contribution in [0, 0.1) is 0 Å². The third kappa shape index (κ3) is 2.45. The molecule has 0 heterocycles. The summed E-state index contributed by atoms with van der Waals surface area (Å²) in [4.78, 5) is 0. The highest BCUT2D eigenvalue weighted by molar-refractivity contribution is 9.10. The van der Waals surface area contributed by atoms with Gasteiger partial charge in [-0.25, -0.2) is 0 Å². The zero-order valence-corrected chi connectivity index (χ0v) is 8.98. The molecule has 1 rings (SSSR count). The molecule has 5 heteroatoms. The quantitative estimate of drug-likeness (QED) is 0.639. The van der Waals surface area contributed by atoms with Gasteiger partial charge < -0.3 is 21.1 Å². The molecule has 0 saturated carbocycles. The first kappa shape index (κ1) is 11.5. The Morgan fingerprint density at radius 2 is 2.00 bits per heavy atom. The zero-order chi connectivity index (χ0) is 10.7. The van der Waals surface area contributed by atoms with Crippen molar-refractivity contribution in [3.63, 3.8) is 0 Å². The second-order valence-corrected chi connectivity index (χ2v) is 3.87. The highest BCUT2D eigenvalue weighted by atomic mass is 79.9. The van der Waals surface area contributed by atoms with E-state index >= 15 is 0 Å². The van der Waals surface area contributed by atoms with Crippen LogP contribution in [0.4, 0.5) is 0 Å². The zero-order valence-electron chi connectivity index (χ0n) is 7.39. The predicted molar refractivity (Wildman–Crippen MR) is 55.8 cm³/mol. The number of hydrogen-bond donors (Lipinski definition) is 4. The van der Waals surface area contributed by atoms with E-state index < -0.39 is 12.2 Å². The summed E-state index contributed by atoms with van der Waals surface area (Å²) in [6.45, 7) is -0.0624. The molecule has 0 bridgehead atoms. The maximum Gasteiger partial charge on any atom is 0.121 e. The lowest BCUT2D eigenvalue weighted by Crippen LogP contribution is -2.27. The molecule has 5 N–H and O–H groups in total. The van der Waals surface area contributed by atoms with Gasteiger partial charge in [0.1, 0.15) is 11.9 Å². The summed E-state index contributed by atoms with van der Waals surface area (Å²) in [5.74, 6) is -0.0619. The second kappa shape index (κ2) is 4.75. The minimum atomic E-state index is -1.17. The van der Waals surface area contributed by atoms with Crippen molar-refractivity contribution in [3.05, 3.63) is 28.2 Å². The number of hydrogen-bond acceptors (Lipinski definition) is 4. The van der Waals surface area contributed by atoms with Crippen molar-refractivity contribution in [2.45, 2.75) is 12.2 Å². The van der Waals surface area contributed by atoms with Crippen LogP contribution in [0.1, 0.15) is 11.7 Å². The lowest BCUT2D eigenvalue weighted by atomic mass is 10.0. The van der Waals surface area contributed by atoms with Gasteiger partial charge in [0.15, 0.2) is 0 Å². The van der Waals surface area contributed by atoms with Crippen LogP contribution in [0.5, 0.6) is 5.75 Å². The largest absolute Gasteiger partial charge is 0.508 e. The van der Waals surface area contributed by atoms with Crippen molar-refractivity contribution >= 4 is 15.9 Å². The summed E-state index contributed by atoms with van der Waals surface area (Å²) in [6.07, 6.45) is -2.24. The minimum absolute atomic E-state index is 0.0619. The number of benzene rings is 1. The number of phenols is 1. The van der Waals surface area contributed by atoms with E-state index in [1.54, 1.807) is 12.1 Å². The number of nitrogens with two attached hydrogens (primary N) is 1. The molecule has 0 saturated heterocycles. The summed E-state index contributed by atoms with van der Waals surface area (Å²) in [6, 6.07) is 4.62. The molecule has 0 aromatic heterocycles. The fourth-order valence-corrected chi connectivity index (χ4v) is 1.48. The molecule has 0 spiro atoms. The Morgan fingerprint density at radius 1 is 1.36 bits per heavy atom. The van der Waals surface area contributed by atoms with E-state index in [0.29, 0.717) is 4.47 Å². The predicted octanol–water partition coefficient (Wildman–Crippen LogP) is 0.508. The molecular weight excluding hydrogens is 250 g/mol. The summed E-state index contributed by atoms with van der Waals surface area (Å²) >= 11 is 3.20. The highest BCUT2D eigenvalue weighted by Gasteiger charge is 2.19. The topological polar surface area (TPSA) is 86.7 Å². The average molecular weight is 262 g/mol. The molecule has 0 aliphatic rings. The number of aliphatic hydroxyl groups excluding tert-OH is 2. The van der Waals surface area contributed by atoms with Crippen molar-refractivity contribution in [1.29, 1.82) is 0 Å². The van der Waals surface area contributed by atoms with Crippen molar-refractivity contribution < 1.29 is 15.3 Å². The third-order valence-electron chi connectivity index (χ3n) is 1.91. The molecule has 0 amide bonds. The third-order valence-corrected chi connectivity index (χ3v) is 2.41. The maximum atomic E-state index is 9.58. The van der Waals surface area contributed by atoms with Gasteiger partial charge >= 0.3 is 0 Å². The summed E-state index contributed by atoms with van der Waals surface area (Å²) in [7, 11) is 0. The highest BCUT2D eigenvalue weighted by Crippen LogP contribution is 2.29. The first-order chi connectivity index (χ1) is 6.56. The number of rotatable bonds is 3. The summed E-state index contributed by atoms with van der Waals surface area (Å²) in [5.41, 5.74) is 5.46. The van der Waals surface area contributed by atoms with Crippen LogP contribution in [0.3, 0.4) is 0 Å². The van der Waals surface area contributed by atoms with Gasteiger partial charge in [-0.3, -0.25) is 0 Å². The second-order valence-electron chi connectivity index (χ2n) is 2.95. The monoisotopic (exact) mass is 261 g/mol. The Kier molecular flexibility index (Phi) is 3.88. The molecule has 2 atom stereocenters. The molecule has 0 radical (unpaired) electrons. The lowest BCUT2D eigenvalue weighted by Gasteiger charge is -2.17. The molecule has 4 nitrogen and oxygen atoms in total. The van der Waals surface area contributed by atoms with E-state index in [9.17, 15) is 15.3 Å². The van der Waals surface area contributed by atoms with E-state index in [1.165, 1.54) is 6.07 Å². The lowest BCUT2D eigenvalue weighted by molar-refractivity contribution is 0.0229. The van der Waals surface area contributed by atoms with Gasteiger partial charge in [-0.15, -0.1) is 0 Å². The van der Waals surface area contributed by atoms with E-state index in [0.717, 1.165) is 0 Å². The van der Waals surface area contributed by atoms with Crippen molar-refractivity contribution in [1.82, 2.24) is 0 Å². The maximum absolute atomic E-state index is 9.58. The average Bonchev–Trinajstić information content (AvgIpc) is 2.19. The number of halogens is 1. The molecule has 1 aromatic carbocycles. The Hall–Kier alpha value is -0.620. The Balaban J connectivity index is 2.99. The van der Waals surface area contributed by atoms with Gasteiger partial charge in [0.2, 0.25) is 0 Å². The van der Waals surface area contributed by atoms with Gasteiger partial charge in [0.05, 0.1) is 6.10 Å². The van der Waals surface area contributed by atoms with Gasteiger partial charge in [0, 0.05) is 16.6 Å². The van der Waals surface area contributed by atoms with Crippen LogP contribution in [-0.2, 0) is 0 Å². The van der Waals surface area contributed by atoms with Crippen LogP contribution >= 0.6 is 15.9 Å². The first-order valence-corrected chi connectivity index (χ1v) is 4.90. The van der Waals surface area contributed by atoms with Crippen molar-refractivity contribution in [3.8, 4) is 5.75 Å². The molecular formula is C9H12BrNO3. The van der Waals surface area contributed by atoms with Gasteiger partial charge in [-0.2, -0.15) is 0 Å². The number of phenolic OH excluding ortho intramolecular Hbond substituents is 1. The van der Waals surface area contributed by atoms with Gasteiger partial charge in [0.25, 0.3) is 0 Å². The standard InChI is InChI=1S/C9H12BrNO3/c10-5-1-2-7(12)6(3-5)9(14)8(13)4-11/h1-3,8-9,12-14H,4,11H2. The van der Waals surface area contributed by atoms with Gasteiger partial charge in [-0.1, -0.05) is 15.9 Å². The van der Waals surface area contributed by atoms with Gasteiger partial charge in [-0.05, 0) is 18.2 Å².